The molecule has 0 aliphatic carbocycles. The number of carbonyl (C=O) groups excluding carboxylic acids is 2. The second-order valence-corrected chi connectivity index (χ2v) is 7.02. The Morgan fingerprint density at radius 2 is 1.74 bits per heavy atom. The molecular formula is C23H25N3O5. The number of aromatic nitrogens is 2. The number of amides is 1. The number of hydrogen-bond donors (Lipinski definition) is 0. The van der Waals surface area contributed by atoms with Crippen LogP contribution >= 0.6 is 0 Å². The topological polar surface area (TPSA) is 82.9 Å². The summed E-state index contributed by atoms with van der Waals surface area (Å²) in [6.07, 6.45) is 0.640. The molecule has 0 saturated carbocycles. The van der Waals surface area contributed by atoms with Crippen LogP contribution in [0.4, 0.5) is 0 Å². The number of likely N-dealkylation sites (N-methyl/N-ethyl adjacent to an activating group) is 1. The van der Waals surface area contributed by atoms with Gasteiger partial charge in [-0.2, -0.15) is 5.10 Å². The largest absolute Gasteiger partial charge is 0.497 e. The van der Waals surface area contributed by atoms with E-state index in [-0.39, 0.29) is 11.5 Å². The van der Waals surface area contributed by atoms with Gasteiger partial charge in [-0.3, -0.25) is 4.79 Å². The SMILES string of the molecule is COc1ccc(OC)c(-c2nn(-c3ccccc3)cc2C(=O)O[C@H](C)C(=O)N(C)C)c1. The molecule has 0 aliphatic heterocycles. The first-order valence-electron chi connectivity index (χ1n) is 9.65. The Hall–Kier alpha value is -3.81. The first-order chi connectivity index (χ1) is 14.8. The van der Waals surface area contributed by atoms with E-state index in [9.17, 15) is 9.59 Å². The van der Waals surface area contributed by atoms with Crippen molar-refractivity contribution in [1.82, 2.24) is 14.7 Å². The minimum Gasteiger partial charge on any atom is -0.497 e. The van der Waals surface area contributed by atoms with Crippen LogP contribution in [0.5, 0.6) is 11.5 Å². The molecule has 8 nitrogen and oxygen atoms in total. The van der Waals surface area contributed by atoms with Gasteiger partial charge < -0.3 is 19.1 Å². The maximum Gasteiger partial charge on any atom is 0.342 e. The summed E-state index contributed by atoms with van der Waals surface area (Å²) < 4.78 is 17.8. The number of hydrogen-bond acceptors (Lipinski definition) is 6. The van der Waals surface area contributed by atoms with Crippen LogP contribution in [0.25, 0.3) is 16.9 Å². The van der Waals surface area contributed by atoms with Crippen molar-refractivity contribution in [1.29, 1.82) is 0 Å². The van der Waals surface area contributed by atoms with Crippen LogP contribution in [-0.2, 0) is 9.53 Å². The van der Waals surface area contributed by atoms with Gasteiger partial charge in [0.05, 0.1) is 19.9 Å². The molecule has 1 aromatic heterocycles. The molecule has 0 bridgehead atoms. The highest BCUT2D eigenvalue weighted by Crippen LogP contribution is 2.35. The summed E-state index contributed by atoms with van der Waals surface area (Å²) >= 11 is 0. The molecule has 8 heteroatoms. The molecule has 31 heavy (non-hydrogen) atoms. The van der Waals surface area contributed by atoms with Gasteiger partial charge in [0.25, 0.3) is 5.91 Å². The minimum atomic E-state index is -0.942. The molecular weight excluding hydrogens is 398 g/mol. The standard InChI is InChI=1S/C23H25N3O5/c1-15(22(27)25(2)3)31-23(28)19-14-26(16-9-7-6-8-10-16)24-21(19)18-13-17(29-4)11-12-20(18)30-5/h6-15H,1-5H3/t15-/m1/s1. The molecule has 0 radical (unpaired) electrons. The van der Waals surface area contributed by atoms with Crippen LogP contribution in [0.3, 0.4) is 0 Å². The third-order valence-electron chi connectivity index (χ3n) is 4.69. The Bertz CT molecular complexity index is 1080. The molecule has 0 N–H and O–H groups in total. The average molecular weight is 423 g/mol. The predicted molar refractivity (Wildman–Crippen MR) is 116 cm³/mol. The van der Waals surface area contributed by atoms with E-state index in [2.05, 4.69) is 5.10 Å². The van der Waals surface area contributed by atoms with Gasteiger partial charge >= 0.3 is 5.97 Å². The van der Waals surface area contributed by atoms with Crippen molar-refractivity contribution in [2.24, 2.45) is 0 Å². The summed E-state index contributed by atoms with van der Waals surface area (Å²) in [6, 6.07) is 14.6. The number of para-hydroxylation sites is 1. The van der Waals surface area contributed by atoms with Gasteiger partial charge in [0.15, 0.2) is 6.10 Å². The predicted octanol–water partition coefficient (Wildman–Crippen LogP) is 3.19. The van der Waals surface area contributed by atoms with E-state index in [0.29, 0.717) is 22.8 Å². The Kier molecular flexibility index (Phi) is 6.59. The first-order valence-corrected chi connectivity index (χ1v) is 9.65. The maximum atomic E-state index is 13.1. The zero-order valence-electron chi connectivity index (χ0n) is 18.2. The number of methoxy groups -OCH3 is 2. The second kappa shape index (κ2) is 9.34. The molecule has 0 fully saturated rings. The van der Waals surface area contributed by atoms with Gasteiger partial charge in [-0.1, -0.05) is 18.2 Å². The summed E-state index contributed by atoms with van der Waals surface area (Å²) in [4.78, 5) is 26.6. The van der Waals surface area contributed by atoms with Crippen molar-refractivity contribution >= 4 is 11.9 Å². The Morgan fingerprint density at radius 3 is 2.35 bits per heavy atom. The zero-order chi connectivity index (χ0) is 22.5. The highest BCUT2D eigenvalue weighted by atomic mass is 16.5. The third-order valence-corrected chi connectivity index (χ3v) is 4.69. The summed E-state index contributed by atoms with van der Waals surface area (Å²) in [5.74, 6) is 0.125. The number of esters is 1. The van der Waals surface area contributed by atoms with Gasteiger partial charge in [0.2, 0.25) is 0 Å². The van der Waals surface area contributed by atoms with Gasteiger partial charge in [-0.15, -0.1) is 0 Å². The van der Waals surface area contributed by atoms with E-state index in [4.69, 9.17) is 14.2 Å². The van der Waals surface area contributed by atoms with E-state index in [1.165, 1.54) is 18.9 Å². The van der Waals surface area contributed by atoms with Crippen LogP contribution in [-0.4, -0.2) is 61.0 Å². The molecule has 2 aromatic carbocycles. The smallest absolute Gasteiger partial charge is 0.342 e. The number of nitrogens with zero attached hydrogens (tertiary/aromatic N) is 3. The fourth-order valence-electron chi connectivity index (χ4n) is 3.07. The molecule has 0 spiro atoms. The normalized spacial score (nSPS) is 11.5. The van der Waals surface area contributed by atoms with Gasteiger partial charge in [0.1, 0.15) is 22.8 Å². The fraction of sp³-hybridized carbons (Fsp3) is 0.261. The lowest BCUT2D eigenvalue weighted by Gasteiger charge is -2.17. The first kappa shape index (κ1) is 21.9. The van der Waals surface area contributed by atoms with Gasteiger partial charge in [0, 0.05) is 25.9 Å². The lowest BCUT2D eigenvalue weighted by Crippen LogP contribution is -2.34. The van der Waals surface area contributed by atoms with Crippen molar-refractivity contribution in [3.63, 3.8) is 0 Å². The quantitative estimate of drug-likeness (QED) is 0.543. The number of benzene rings is 2. The average Bonchev–Trinajstić information content (AvgIpc) is 3.24. The summed E-state index contributed by atoms with van der Waals surface area (Å²) in [7, 11) is 6.30. The second-order valence-electron chi connectivity index (χ2n) is 7.02. The van der Waals surface area contributed by atoms with Crippen molar-refractivity contribution in [2.75, 3.05) is 28.3 Å². The highest BCUT2D eigenvalue weighted by molar-refractivity contribution is 5.98. The Morgan fingerprint density at radius 1 is 1.03 bits per heavy atom. The van der Waals surface area contributed by atoms with Crippen LogP contribution in [0.1, 0.15) is 17.3 Å². The van der Waals surface area contributed by atoms with Gasteiger partial charge in [-0.05, 0) is 37.3 Å². The molecule has 3 rings (SSSR count). The molecule has 1 amide bonds. The summed E-state index contributed by atoms with van der Waals surface area (Å²) in [5, 5.41) is 4.63. The van der Waals surface area contributed by atoms with Crippen LogP contribution in [0.15, 0.2) is 54.7 Å². The molecule has 0 aliphatic rings. The van der Waals surface area contributed by atoms with Crippen LogP contribution < -0.4 is 9.47 Å². The Labute approximate surface area is 180 Å². The van der Waals surface area contributed by atoms with Crippen LogP contribution in [0.2, 0.25) is 0 Å². The van der Waals surface area contributed by atoms with Crippen LogP contribution in [0, 0.1) is 0 Å². The van der Waals surface area contributed by atoms with E-state index in [1.807, 2.05) is 30.3 Å². The molecule has 0 unspecified atom stereocenters. The molecule has 0 saturated heterocycles. The van der Waals surface area contributed by atoms with E-state index in [0.717, 1.165) is 5.69 Å². The molecule has 162 valence electrons. The Balaban J connectivity index is 2.11. The summed E-state index contributed by atoms with van der Waals surface area (Å²) in [6.45, 7) is 1.54. The number of carbonyl (C=O) groups is 2. The summed E-state index contributed by atoms with van der Waals surface area (Å²) in [5.41, 5.74) is 1.89. The van der Waals surface area contributed by atoms with Crippen molar-refractivity contribution in [2.45, 2.75) is 13.0 Å². The molecule has 3 aromatic rings. The van der Waals surface area contributed by atoms with Gasteiger partial charge in [-0.25, -0.2) is 9.48 Å². The van der Waals surface area contributed by atoms with E-state index in [1.54, 1.807) is 50.3 Å². The zero-order valence-corrected chi connectivity index (χ0v) is 18.2. The highest BCUT2D eigenvalue weighted by Gasteiger charge is 2.26. The molecule has 1 atom stereocenters. The van der Waals surface area contributed by atoms with Crippen molar-refractivity contribution in [3.05, 3.63) is 60.3 Å². The third kappa shape index (κ3) is 4.69. The molecule has 1 heterocycles. The maximum absolute atomic E-state index is 13.1. The lowest BCUT2D eigenvalue weighted by atomic mass is 10.1. The number of rotatable bonds is 7. The number of ether oxygens (including phenoxy) is 3. The van der Waals surface area contributed by atoms with E-state index < -0.39 is 12.1 Å². The minimum absolute atomic E-state index is 0.203. The fourth-order valence-corrected chi connectivity index (χ4v) is 3.07. The van der Waals surface area contributed by atoms with Crippen molar-refractivity contribution in [3.8, 4) is 28.4 Å². The van der Waals surface area contributed by atoms with E-state index >= 15 is 0 Å². The van der Waals surface area contributed by atoms with Crippen molar-refractivity contribution < 1.29 is 23.8 Å². The monoisotopic (exact) mass is 423 g/mol. The lowest BCUT2D eigenvalue weighted by molar-refractivity contribution is -0.137.